The SMILES string of the molecule is O=C(NNCc1cc(F)cc(F)c1)[C@@]1(Cc2ccc(Br)cc2)N=C(c2ccc(OCCCO)cc2)O[C@H]1c1ccccc1. The maximum absolute atomic E-state index is 14.2. The fourth-order valence-electron chi connectivity index (χ4n) is 4.87. The number of benzene rings is 4. The number of amides is 1. The highest BCUT2D eigenvalue weighted by Crippen LogP contribution is 2.42. The molecule has 0 aromatic heterocycles. The summed E-state index contributed by atoms with van der Waals surface area (Å²) in [6.45, 7) is 0.412. The van der Waals surface area contributed by atoms with E-state index in [0.29, 0.717) is 29.9 Å². The zero-order chi connectivity index (χ0) is 30.2. The van der Waals surface area contributed by atoms with Gasteiger partial charge in [0.25, 0.3) is 5.91 Å². The van der Waals surface area contributed by atoms with E-state index in [1.165, 1.54) is 12.1 Å². The number of nitrogens with zero attached hydrogens (tertiary/aromatic N) is 1. The van der Waals surface area contributed by atoms with Gasteiger partial charge < -0.3 is 14.6 Å². The number of ether oxygens (including phenoxy) is 2. The van der Waals surface area contributed by atoms with Crippen LogP contribution >= 0.6 is 15.9 Å². The molecule has 0 radical (unpaired) electrons. The van der Waals surface area contributed by atoms with E-state index in [4.69, 9.17) is 19.6 Å². The van der Waals surface area contributed by atoms with E-state index in [9.17, 15) is 13.6 Å². The molecule has 2 atom stereocenters. The van der Waals surface area contributed by atoms with E-state index in [2.05, 4.69) is 26.8 Å². The largest absolute Gasteiger partial charge is 0.494 e. The van der Waals surface area contributed by atoms with Gasteiger partial charge in [-0.2, -0.15) is 0 Å². The second-order valence-corrected chi connectivity index (χ2v) is 11.0. The molecule has 0 saturated heterocycles. The lowest BCUT2D eigenvalue weighted by Crippen LogP contribution is -2.53. The van der Waals surface area contributed by atoms with Crippen molar-refractivity contribution in [3.63, 3.8) is 0 Å². The lowest BCUT2D eigenvalue weighted by atomic mass is 9.82. The third-order valence-corrected chi connectivity index (χ3v) is 7.46. The summed E-state index contributed by atoms with van der Waals surface area (Å²) in [5, 5.41) is 9.02. The minimum Gasteiger partial charge on any atom is -0.494 e. The topological polar surface area (TPSA) is 92.2 Å². The summed E-state index contributed by atoms with van der Waals surface area (Å²) in [5.74, 6) is -0.966. The number of aliphatic hydroxyl groups excluding tert-OH is 1. The molecule has 222 valence electrons. The Morgan fingerprint density at radius 2 is 1.65 bits per heavy atom. The number of carbonyl (C=O) groups is 1. The Bertz CT molecular complexity index is 1550. The fraction of sp³-hybridized carbons (Fsp3) is 0.212. The molecule has 0 spiro atoms. The molecule has 4 aromatic rings. The molecule has 5 rings (SSSR count). The molecule has 0 unspecified atom stereocenters. The normalized spacial score (nSPS) is 17.7. The Morgan fingerprint density at radius 3 is 2.33 bits per heavy atom. The van der Waals surface area contributed by atoms with Crippen LogP contribution in [0.25, 0.3) is 0 Å². The van der Waals surface area contributed by atoms with Gasteiger partial charge in [-0.1, -0.05) is 58.4 Å². The van der Waals surface area contributed by atoms with Gasteiger partial charge in [-0.05, 0) is 65.2 Å². The number of hydrogen-bond donors (Lipinski definition) is 3. The average Bonchev–Trinajstić information content (AvgIpc) is 3.39. The van der Waals surface area contributed by atoms with Crippen LogP contribution in [-0.4, -0.2) is 35.7 Å². The van der Waals surface area contributed by atoms with E-state index in [-0.39, 0.29) is 25.5 Å². The molecule has 0 aliphatic carbocycles. The lowest BCUT2D eigenvalue weighted by Gasteiger charge is -2.31. The minimum atomic E-state index is -1.44. The number of nitrogens with one attached hydrogen (secondary N) is 2. The fourth-order valence-corrected chi connectivity index (χ4v) is 5.14. The smallest absolute Gasteiger partial charge is 0.266 e. The van der Waals surface area contributed by atoms with Gasteiger partial charge in [-0.25, -0.2) is 19.2 Å². The number of rotatable bonds is 12. The van der Waals surface area contributed by atoms with Gasteiger partial charge >= 0.3 is 0 Å². The number of hydrogen-bond acceptors (Lipinski definition) is 6. The van der Waals surface area contributed by atoms with Crippen LogP contribution in [0.15, 0.2) is 107 Å². The average molecular weight is 651 g/mol. The Hall–Kier alpha value is -4.12. The van der Waals surface area contributed by atoms with Crippen LogP contribution < -0.4 is 15.6 Å². The van der Waals surface area contributed by atoms with Gasteiger partial charge in [-0.3, -0.25) is 10.2 Å². The Morgan fingerprint density at radius 1 is 0.953 bits per heavy atom. The Balaban J connectivity index is 1.49. The van der Waals surface area contributed by atoms with Gasteiger partial charge in [0.2, 0.25) is 5.90 Å². The van der Waals surface area contributed by atoms with Crippen LogP contribution in [0, 0.1) is 11.6 Å². The van der Waals surface area contributed by atoms with Crippen LogP contribution in [0.3, 0.4) is 0 Å². The molecule has 3 N–H and O–H groups in total. The molecule has 43 heavy (non-hydrogen) atoms. The van der Waals surface area contributed by atoms with E-state index >= 15 is 0 Å². The van der Waals surface area contributed by atoms with Gasteiger partial charge in [0.1, 0.15) is 17.4 Å². The van der Waals surface area contributed by atoms with Crippen LogP contribution in [0.4, 0.5) is 8.78 Å². The van der Waals surface area contributed by atoms with Gasteiger partial charge in [0.15, 0.2) is 11.6 Å². The summed E-state index contributed by atoms with van der Waals surface area (Å²) >= 11 is 3.46. The standard InChI is InChI=1S/C33H30BrF2N3O4/c34-26-11-7-22(8-12-26)20-33(32(41)39-37-21-23-17-27(35)19-28(36)18-23)30(24-5-2-1-3-6-24)43-31(38-33)25-9-13-29(14-10-25)42-16-4-15-40/h1-3,5-14,17-19,30,37,40H,4,15-16,20-21H2,(H,39,41)/t30-,33-/m0/s1. The number of hydrazine groups is 1. The van der Waals surface area contributed by atoms with E-state index < -0.39 is 29.2 Å². The second-order valence-electron chi connectivity index (χ2n) is 10.1. The summed E-state index contributed by atoms with van der Waals surface area (Å²) in [5.41, 5.74) is 6.68. The molecule has 0 fully saturated rings. The summed E-state index contributed by atoms with van der Waals surface area (Å²) in [6.07, 6.45) is -0.0683. The quantitative estimate of drug-likeness (QED) is 0.133. The van der Waals surface area contributed by atoms with Gasteiger partial charge in [0, 0.05) is 42.1 Å². The molecular formula is C33H30BrF2N3O4. The predicted octanol–water partition coefficient (Wildman–Crippen LogP) is 5.81. The van der Waals surface area contributed by atoms with Crippen molar-refractivity contribution in [3.05, 3.63) is 135 Å². The molecule has 7 nitrogen and oxygen atoms in total. The van der Waals surface area contributed by atoms with Crippen molar-refractivity contribution in [2.75, 3.05) is 13.2 Å². The van der Waals surface area contributed by atoms with Crippen molar-refractivity contribution in [2.45, 2.75) is 31.0 Å². The first-order chi connectivity index (χ1) is 20.9. The summed E-state index contributed by atoms with van der Waals surface area (Å²) in [4.78, 5) is 19.1. The Kier molecular flexibility index (Phi) is 9.81. The summed E-state index contributed by atoms with van der Waals surface area (Å²) in [7, 11) is 0. The highest BCUT2D eigenvalue weighted by Gasteiger charge is 2.53. The first-order valence-electron chi connectivity index (χ1n) is 13.7. The Labute approximate surface area is 256 Å². The third-order valence-electron chi connectivity index (χ3n) is 6.94. The van der Waals surface area contributed by atoms with Crippen molar-refractivity contribution in [2.24, 2.45) is 4.99 Å². The molecular weight excluding hydrogens is 620 g/mol. The molecule has 1 amide bonds. The molecule has 4 aromatic carbocycles. The van der Waals surface area contributed by atoms with Crippen LogP contribution in [0.1, 0.15) is 34.8 Å². The predicted molar refractivity (Wildman–Crippen MR) is 162 cm³/mol. The lowest BCUT2D eigenvalue weighted by molar-refractivity contribution is -0.130. The zero-order valence-electron chi connectivity index (χ0n) is 23.1. The van der Waals surface area contributed by atoms with Crippen LogP contribution in [0.2, 0.25) is 0 Å². The van der Waals surface area contributed by atoms with Crippen molar-refractivity contribution in [1.29, 1.82) is 0 Å². The second kappa shape index (κ2) is 13.9. The minimum absolute atomic E-state index is 0.0139. The van der Waals surface area contributed by atoms with E-state index in [1.54, 1.807) is 24.3 Å². The maximum Gasteiger partial charge on any atom is 0.266 e. The highest BCUT2D eigenvalue weighted by molar-refractivity contribution is 9.10. The molecule has 0 saturated carbocycles. The number of carbonyl (C=O) groups excluding carboxylic acids is 1. The molecule has 1 aliphatic rings. The van der Waals surface area contributed by atoms with Crippen molar-refractivity contribution in [3.8, 4) is 5.75 Å². The number of aliphatic imine (C=N–C) groups is 1. The molecule has 10 heteroatoms. The first kappa shape index (κ1) is 30.3. The first-order valence-corrected chi connectivity index (χ1v) is 14.5. The maximum atomic E-state index is 14.2. The van der Waals surface area contributed by atoms with Crippen molar-refractivity contribution < 1.29 is 28.2 Å². The van der Waals surface area contributed by atoms with Gasteiger partial charge in [0.05, 0.1) is 6.61 Å². The number of halogens is 3. The summed E-state index contributed by atoms with van der Waals surface area (Å²) in [6, 6.07) is 27.4. The van der Waals surface area contributed by atoms with E-state index in [0.717, 1.165) is 21.7 Å². The van der Waals surface area contributed by atoms with Gasteiger partial charge in [-0.15, -0.1) is 0 Å². The van der Waals surface area contributed by atoms with Crippen LogP contribution in [0.5, 0.6) is 5.75 Å². The van der Waals surface area contributed by atoms with Crippen molar-refractivity contribution >= 4 is 27.7 Å². The number of aliphatic hydroxyl groups is 1. The molecule has 0 bridgehead atoms. The molecule has 1 aliphatic heterocycles. The van der Waals surface area contributed by atoms with E-state index in [1.807, 2.05) is 54.6 Å². The molecule has 1 heterocycles. The third kappa shape index (κ3) is 7.45. The van der Waals surface area contributed by atoms with Crippen molar-refractivity contribution in [1.82, 2.24) is 10.9 Å². The zero-order valence-corrected chi connectivity index (χ0v) is 24.7. The highest BCUT2D eigenvalue weighted by atomic mass is 79.9. The summed E-state index contributed by atoms with van der Waals surface area (Å²) < 4.78 is 40.5. The van der Waals surface area contributed by atoms with Crippen LogP contribution in [-0.2, 0) is 22.5 Å². The monoisotopic (exact) mass is 649 g/mol.